The van der Waals surface area contributed by atoms with Gasteiger partial charge in [-0.1, -0.05) is 11.6 Å². The number of nitrogens with zero attached hydrogens (tertiary/aromatic N) is 1. The molecule has 0 amide bonds. The molecular formula is C12H10ClNO3. The Morgan fingerprint density at radius 1 is 1.24 bits per heavy atom. The van der Waals surface area contributed by atoms with Crippen LogP contribution in [0.25, 0.3) is 10.9 Å². The van der Waals surface area contributed by atoms with Crippen molar-refractivity contribution < 1.29 is 14.3 Å². The lowest BCUT2D eigenvalue weighted by Crippen LogP contribution is -2.03. The Hall–Kier alpha value is -1.81. The van der Waals surface area contributed by atoms with Crippen molar-refractivity contribution in [3.63, 3.8) is 0 Å². The van der Waals surface area contributed by atoms with E-state index in [4.69, 9.17) is 21.1 Å². The lowest BCUT2D eigenvalue weighted by atomic mass is 10.1. The Morgan fingerprint density at radius 2 is 2.00 bits per heavy atom. The van der Waals surface area contributed by atoms with Gasteiger partial charge in [-0.15, -0.1) is 0 Å². The summed E-state index contributed by atoms with van der Waals surface area (Å²) in [5.41, 5.74) is 0.982. The van der Waals surface area contributed by atoms with Crippen LogP contribution in [0.5, 0.6) is 5.75 Å². The molecule has 0 aliphatic carbocycles. The Morgan fingerprint density at radius 3 is 2.65 bits per heavy atom. The van der Waals surface area contributed by atoms with Crippen LogP contribution >= 0.6 is 11.6 Å². The van der Waals surface area contributed by atoms with E-state index in [0.29, 0.717) is 27.4 Å². The van der Waals surface area contributed by atoms with Gasteiger partial charge in [0.15, 0.2) is 0 Å². The summed E-state index contributed by atoms with van der Waals surface area (Å²) in [7, 11) is 2.87. The standard InChI is InChI=1S/C12H10ClNO3/c1-16-9-5-3-8(12(15)17-2)7-4-6-10(13)14-11(7)9/h3-6H,1-2H3. The lowest BCUT2D eigenvalue weighted by Gasteiger charge is -2.08. The first-order valence-corrected chi connectivity index (χ1v) is 5.26. The number of ether oxygens (including phenoxy) is 2. The summed E-state index contributed by atoms with van der Waals surface area (Å²) in [6.07, 6.45) is 0. The lowest BCUT2D eigenvalue weighted by molar-refractivity contribution is 0.0603. The van der Waals surface area contributed by atoms with Crippen LogP contribution in [-0.2, 0) is 4.74 Å². The molecule has 0 atom stereocenters. The van der Waals surface area contributed by atoms with Gasteiger partial charge in [-0.05, 0) is 24.3 Å². The Bertz CT molecular complexity index is 583. The average Bonchev–Trinajstić information content (AvgIpc) is 2.36. The van der Waals surface area contributed by atoms with Gasteiger partial charge in [0.1, 0.15) is 16.4 Å². The first-order valence-electron chi connectivity index (χ1n) is 4.89. The highest BCUT2D eigenvalue weighted by Crippen LogP contribution is 2.28. The first-order chi connectivity index (χ1) is 8.17. The Balaban J connectivity index is 2.77. The van der Waals surface area contributed by atoms with Gasteiger partial charge in [-0.3, -0.25) is 0 Å². The third-order valence-electron chi connectivity index (χ3n) is 2.41. The fourth-order valence-corrected chi connectivity index (χ4v) is 1.77. The maximum absolute atomic E-state index is 11.6. The van der Waals surface area contributed by atoms with Crippen LogP contribution in [0, 0.1) is 0 Å². The van der Waals surface area contributed by atoms with Crippen LogP contribution in [0.3, 0.4) is 0 Å². The van der Waals surface area contributed by atoms with E-state index in [0.717, 1.165) is 0 Å². The summed E-state index contributed by atoms with van der Waals surface area (Å²) in [6, 6.07) is 6.65. The molecule has 0 N–H and O–H groups in total. The van der Waals surface area contributed by atoms with E-state index in [-0.39, 0.29) is 0 Å². The minimum absolute atomic E-state index is 0.345. The highest BCUT2D eigenvalue weighted by Gasteiger charge is 2.14. The third-order valence-corrected chi connectivity index (χ3v) is 2.62. The van der Waals surface area contributed by atoms with Crippen LogP contribution in [-0.4, -0.2) is 25.2 Å². The molecule has 1 aromatic carbocycles. The zero-order valence-electron chi connectivity index (χ0n) is 9.36. The quantitative estimate of drug-likeness (QED) is 0.608. The van der Waals surface area contributed by atoms with Crippen molar-refractivity contribution in [1.82, 2.24) is 4.98 Å². The minimum Gasteiger partial charge on any atom is -0.494 e. The number of aromatic nitrogens is 1. The van der Waals surface area contributed by atoms with Crippen LogP contribution in [0.2, 0.25) is 5.15 Å². The number of methoxy groups -OCH3 is 2. The predicted molar refractivity (Wildman–Crippen MR) is 64.6 cm³/mol. The molecule has 0 unspecified atom stereocenters. The van der Waals surface area contributed by atoms with Crippen molar-refractivity contribution in [3.8, 4) is 5.75 Å². The van der Waals surface area contributed by atoms with E-state index < -0.39 is 5.97 Å². The zero-order chi connectivity index (χ0) is 12.4. The Kier molecular flexibility index (Phi) is 3.15. The largest absolute Gasteiger partial charge is 0.494 e. The van der Waals surface area contributed by atoms with Crippen LogP contribution in [0.1, 0.15) is 10.4 Å². The highest BCUT2D eigenvalue weighted by atomic mass is 35.5. The molecule has 1 heterocycles. The summed E-state index contributed by atoms with van der Waals surface area (Å²) < 4.78 is 9.89. The van der Waals surface area contributed by atoms with E-state index in [1.165, 1.54) is 14.2 Å². The van der Waals surface area contributed by atoms with Gasteiger partial charge < -0.3 is 9.47 Å². The summed E-state index contributed by atoms with van der Waals surface area (Å²) in [5, 5.41) is 0.999. The van der Waals surface area contributed by atoms with E-state index in [1.807, 2.05) is 0 Å². The number of pyridine rings is 1. The smallest absolute Gasteiger partial charge is 0.338 e. The van der Waals surface area contributed by atoms with E-state index in [1.54, 1.807) is 24.3 Å². The third kappa shape index (κ3) is 2.03. The number of carbonyl (C=O) groups is 1. The molecule has 5 heteroatoms. The van der Waals surface area contributed by atoms with E-state index in [9.17, 15) is 4.79 Å². The summed E-state index contributed by atoms with van der Waals surface area (Å²) >= 11 is 5.83. The number of rotatable bonds is 2. The molecule has 0 saturated carbocycles. The summed E-state index contributed by atoms with van der Waals surface area (Å²) in [5.74, 6) is 0.150. The molecule has 0 aliphatic rings. The number of halogens is 1. The molecular weight excluding hydrogens is 242 g/mol. The topological polar surface area (TPSA) is 48.4 Å². The maximum Gasteiger partial charge on any atom is 0.338 e. The van der Waals surface area contributed by atoms with Crippen molar-refractivity contribution in [2.75, 3.05) is 14.2 Å². The van der Waals surface area contributed by atoms with Crippen molar-refractivity contribution in [3.05, 3.63) is 35.0 Å². The number of esters is 1. The SMILES string of the molecule is COC(=O)c1ccc(OC)c2nc(Cl)ccc12. The van der Waals surface area contributed by atoms with Crippen molar-refractivity contribution >= 4 is 28.5 Å². The Labute approximate surface area is 103 Å². The summed E-state index contributed by atoms with van der Waals surface area (Å²) in [6.45, 7) is 0. The van der Waals surface area contributed by atoms with Gasteiger partial charge in [0.25, 0.3) is 0 Å². The fraction of sp³-hybridized carbons (Fsp3) is 0.167. The second-order valence-corrected chi connectivity index (χ2v) is 3.72. The van der Waals surface area contributed by atoms with Gasteiger partial charge in [-0.2, -0.15) is 0 Å². The van der Waals surface area contributed by atoms with Crippen LogP contribution < -0.4 is 4.74 Å². The van der Waals surface area contributed by atoms with Crippen molar-refractivity contribution in [2.24, 2.45) is 0 Å². The zero-order valence-corrected chi connectivity index (χ0v) is 10.1. The molecule has 2 aromatic rings. The fourth-order valence-electron chi connectivity index (χ4n) is 1.62. The molecule has 0 fully saturated rings. The monoisotopic (exact) mass is 251 g/mol. The second kappa shape index (κ2) is 4.59. The molecule has 4 nitrogen and oxygen atoms in total. The second-order valence-electron chi connectivity index (χ2n) is 3.34. The number of carbonyl (C=O) groups excluding carboxylic acids is 1. The molecule has 0 saturated heterocycles. The van der Waals surface area contributed by atoms with Gasteiger partial charge in [-0.25, -0.2) is 9.78 Å². The normalized spacial score (nSPS) is 10.3. The van der Waals surface area contributed by atoms with Gasteiger partial charge in [0.2, 0.25) is 0 Å². The maximum atomic E-state index is 11.6. The molecule has 0 spiro atoms. The number of hydrogen-bond donors (Lipinski definition) is 0. The van der Waals surface area contributed by atoms with Crippen molar-refractivity contribution in [1.29, 1.82) is 0 Å². The minimum atomic E-state index is -0.415. The molecule has 0 radical (unpaired) electrons. The molecule has 0 bridgehead atoms. The number of hydrogen-bond acceptors (Lipinski definition) is 4. The van der Waals surface area contributed by atoms with Crippen LogP contribution in [0.15, 0.2) is 24.3 Å². The number of fused-ring (bicyclic) bond motifs is 1. The number of benzene rings is 1. The highest BCUT2D eigenvalue weighted by molar-refractivity contribution is 6.30. The molecule has 0 aliphatic heterocycles. The van der Waals surface area contributed by atoms with Gasteiger partial charge in [0, 0.05) is 5.39 Å². The van der Waals surface area contributed by atoms with Gasteiger partial charge >= 0.3 is 5.97 Å². The molecule has 88 valence electrons. The van der Waals surface area contributed by atoms with Gasteiger partial charge in [0.05, 0.1) is 19.8 Å². The predicted octanol–water partition coefficient (Wildman–Crippen LogP) is 2.68. The van der Waals surface area contributed by atoms with Crippen molar-refractivity contribution in [2.45, 2.75) is 0 Å². The summed E-state index contributed by atoms with van der Waals surface area (Å²) in [4.78, 5) is 15.7. The molecule has 1 aromatic heterocycles. The first kappa shape index (κ1) is 11.7. The van der Waals surface area contributed by atoms with E-state index in [2.05, 4.69) is 4.98 Å². The van der Waals surface area contributed by atoms with E-state index >= 15 is 0 Å². The van der Waals surface area contributed by atoms with Crippen LogP contribution in [0.4, 0.5) is 0 Å². The molecule has 17 heavy (non-hydrogen) atoms. The molecule has 2 rings (SSSR count). The average molecular weight is 252 g/mol.